The maximum absolute atomic E-state index is 13.7. The van der Waals surface area contributed by atoms with Gasteiger partial charge in [-0.3, -0.25) is 0 Å². The minimum atomic E-state index is -0.904. The van der Waals surface area contributed by atoms with Gasteiger partial charge in [-0.15, -0.1) is 0 Å². The third-order valence-corrected chi connectivity index (χ3v) is 3.99. The summed E-state index contributed by atoms with van der Waals surface area (Å²) in [6.07, 6.45) is 1.38. The molecular weight excluding hydrogens is 267 g/mol. The summed E-state index contributed by atoms with van der Waals surface area (Å²) >= 11 is 5.89. The molecule has 1 aromatic rings. The highest BCUT2D eigenvalue weighted by molar-refractivity contribution is 6.30. The van der Waals surface area contributed by atoms with Gasteiger partial charge >= 0.3 is 0 Å². The molecule has 0 amide bonds. The van der Waals surface area contributed by atoms with Gasteiger partial charge in [-0.25, -0.2) is 4.39 Å². The van der Waals surface area contributed by atoms with Crippen LogP contribution in [-0.4, -0.2) is 23.4 Å². The van der Waals surface area contributed by atoms with Crippen LogP contribution in [0.3, 0.4) is 0 Å². The predicted octanol–water partition coefficient (Wildman–Crippen LogP) is 3.59. The fraction of sp³-hybridized carbons (Fsp3) is 0.600. The van der Waals surface area contributed by atoms with E-state index in [1.807, 2.05) is 0 Å². The monoisotopic (exact) mass is 286 g/mol. The van der Waals surface area contributed by atoms with Crippen LogP contribution in [0.4, 0.5) is 4.39 Å². The number of hydrogen-bond donors (Lipinski definition) is 1. The number of hydrogen-bond acceptors (Lipinski definition) is 2. The Morgan fingerprint density at radius 1 is 1.53 bits per heavy atom. The molecule has 0 saturated carbocycles. The van der Waals surface area contributed by atoms with Crippen molar-refractivity contribution in [3.8, 4) is 0 Å². The Kier molecular flexibility index (Phi) is 4.49. The van der Waals surface area contributed by atoms with Crippen LogP contribution >= 0.6 is 11.6 Å². The molecule has 1 heterocycles. The lowest BCUT2D eigenvalue weighted by molar-refractivity contribution is -0.116. The van der Waals surface area contributed by atoms with E-state index in [-0.39, 0.29) is 18.3 Å². The Bertz CT molecular complexity index is 450. The molecule has 2 atom stereocenters. The van der Waals surface area contributed by atoms with E-state index >= 15 is 0 Å². The average Bonchev–Trinajstić information content (AvgIpc) is 2.33. The van der Waals surface area contributed by atoms with Gasteiger partial charge in [-0.1, -0.05) is 25.4 Å². The van der Waals surface area contributed by atoms with E-state index in [1.54, 1.807) is 6.07 Å². The molecule has 0 spiro atoms. The number of aliphatic hydroxyl groups is 1. The quantitative estimate of drug-likeness (QED) is 0.920. The van der Waals surface area contributed by atoms with E-state index in [2.05, 4.69) is 13.8 Å². The number of benzene rings is 1. The molecule has 0 radical (unpaired) electrons. The van der Waals surface area contributed by atoms with Gasteiger partial charge in [-0.05, 0) is 36.1 Å². The molecule has 0 aliphatic carbocycles. The molecule has 4 heteroatoms. The molecule has 1 saturated heterocycles. The second kappa shape index (κ2) is 5.78. The third kappa shape index (κ3) is 3.68. The van der Waals surface area contributed by atoms with Crippen molar-refractivity contribution in [3.05, 3.63) is 34.6 Å². The first-order valence-electron chi connectivity index (χ1n) is 6.67. The van der Waals surface area contributed by atoms with Crippen LogP contribution < -0.4 is 0 Å². The minimum absolute atomic E-state index is 0.0287. The Morgan fingerprint density at radius 3 is 2.95 bits per heavy atom. The second-order valence-electron chi connectivity index (χ2n) is 5.74. The number of halogens is 2. The van der Waals surface area contributed by atoms with Gasteiger partial charge in [0.25, 0.3) is 0 Å². The Morgan fingerprint density at radius 2 is 2.26 bits per heavy atom. The molecule has 0 bridgehead atoms. The molecule has 1 aromatic carbocycles. The van der Waals surface area contributed by atoms with Gasteiger partial charge in [0.15, 0.2) is 0 Å². The van der Waals surface area contributed by atoms with Gasteiger partial charge in [0.2, 0.25) is 0 Å². The summed E-state index contributed by atoms with van der Waals surface area (Å²) in [5.41, 5.74) is -0.432. The molecule has 1 aliphatic rings. The highest BCUT2D eigenvalue weighted by Crippen LogP contribution is 2.32. The largest absolute Gasteiger partial charge is 0.389 e. The molecule has 2 nitrogen and oxygen atoms in total. The predicted molar refractivity (Wildman–Crippen MR) is 73.9 cm³/mol. The molecule has 106 valence electrons. The first-order valence-corrected chi connectivity index (χ1v) is 7.05. The summed E-state index contributed by atoms with van der Waals surface area (Å²) in [4.78, 5) is 0. The molecule has 2 unspecified atom stereocenters. The average molecular weight is 287 g/mol. The first-order chi connectivity index (χ1) is 8.89. The lowest BCUT2D eigenvalue weighted by Crippen LogP contribution is -2.44. The fourth-order valence-corrected chi connectivity index (χ4v) is 2.75. The van der Waals surface area contributed by atoms with E-state index in [9.17, 15) is 9.50 Å². The van der Waals surface area contributed by atoms with Gasteiger partial charge in [0, 0.05) is 24.5 Å². The third-order valence-electron chi connectivity index (χ3n) is 3.75. The van der Waals surface area contributed by atoms with Crippen LogP contribution in [-0.2, 0) is 11.2 Å². The van der Waals surface area contributed by atoms with Crippen LogP contribution in [0.5, 0.6) is 0 Å². The fourth-order valence-electron chi connectivity index (χ4n) is 2.56. The summed E-state index contributed by atoms with van der Waals surface area (Å²) in [6, 6.07) is 4.46. The van der Waals surface area contributed by atoms with Crippen molar-refractivity contribution < 1.29 is 14.2 Å². The summed E-state index contributed by atoms with van der Waals surface area (Å²) in [5.74, 6) is 0.0291. The SMILES string of the molecule is CC(C)C1CC(O)(Cc2cc(Cl)ccc2F)CCO1. The zero-order chi connectivity index (χ0) is 14.0. The van der Waals surface area contributed by atoms with Crippen LogP contribution in [0.25, 0.3) is 0 Å². The van der Waals surface area contributed by atoms with Crippen molar-refractivity contribution >= 4 is 11.6 Å². The van der Waals surface area contributed by atoms with Gasteiger partial charge in [0.1, 0.15) is 5.82 Å². The maximum atomic E-state index is 13.7. The molecule has 1 fully saturated rings. The Hall–Kier alpha value is -0.640. The topological polar surface area (TPSA) is 29.5 Å². The van der Waals surface area contributed by atoms with Crippen molar-refractivity contribution in [3.63, 3.8) is 0 Å². The van der Waals surface area contributed by atoms with Crippen LogP contribution in [0.2, 0.25) is 5.02 Å². The summed E-state index contributed by atoms with van der Waals surface area (Å²) in [6.45, 7) is 4.65. The zero-order valence-corrected chi connectivity index (χ0v) is 12.1. The van der Waals surface area contributed by atoms with Gasteiger partial charge in [-0.2, -0.15) is 0 Å². The maximum Gasteiger partial charge on any atom is 0.126 e. The standard InChI is InChI=1S/C15H20ClFO2/c1-10(2)14-9-15(18,5-6-19-14)8-11-7-12(16)3-4-13(11)17/h3-4,7,10,14,18H,5-6,8-9H2,1-2H3. The van der Waals surface area contributed by atoms with E-state index in [1.165, 1.54) is 12.1 Å². The molecule has 1 aliphatic heterocycles. The highest BCUT2D eigenvalue weighted by Gasteiger charge is 2.36. The Balaban J connectivity index is 2.14. The highest BCUT2D eigenvalue weighted by atomic mass is 35.5. The lowest BCUT2D eigenvalue weighted by Gasteiger charge is -2.38. The summed E-state index contributed by atoms with van der Waals surface area (Å²) < 4.78 is 19.4. The summed E-state index contributed by atoms with van der Waals surface area (Å²) in [5, 5.41) is 11.2. The van der Waals surface area contributed by atoms with Crippen molar-refractivity contribution in [1.29, 1.82) is 0 Å². The minimum Gasteiger partial charge on any atom is -0.389 e. The van der Waals surface area contributed by atoms with Crippen molar-refractivity contribution in [2.45, 2.75) is 44.8 Å². The Labute approximate surface area is 118 Å². The van der Waals surface area contributed by atoms with Crippen LogP contribution in [0.1, 0.15) is 32.3 Å². The molecule has 2 rings (SSSR count). The van der Waals surface area contributed by atoms with E-state index < -0.39 is 5.60 Å². The second-order valence-corrected chi connectivity index (χ2v) is 6.18. The molecule has 19 heavy (non-hydrogen) atoms. The number of ether oxygens (including phenoxy) is 1. The summed E-state index contributed by atoms with van der Waals surface area (Å²) in [7, 11) is 0. The van der Waals surface area contributed by atoms with Gasteiger partial charge in [0.05, 0.1) is 11.7 Å². The molecular formula is C15H20ClFO2. The van der Waals surface area contributed by atoms with Crippen LogP contribution in [0, 0.1) is 11.7 Å². The van der Waals surface area contributed by atoms with Crippen molar-refractivity contribution in [1.82, 2.24) is 0 Å². The lowest BCUT2D eigenvalue weighted by atomic mass is 9.82. The van der Waals surface area contributed by atoms with E-state index in [0.29, 0.717) is 36.0 Å². The first kappa shape index (κ1) is 14.8. The normalized spacial score (nSPS) is 27.8. The molecule has 1 N–H and O–H groups in total. The van der Waals surface area contributed by atoms with Crippen LogP contribution in [0.15, 0.2) is 18.2 Å². The van der Waals surface area contributed by atoms with E-state index in [0.717, 1.165) is 0 Å². The van der Waals surface area contributed by atoms with Gasteiger partial charge < -0.3 is 9.84 Å². The van der Waals surface area contributed by atoms with Crippen molar-refractivity contribution in [2.75, 3.05) is 6.61 Å². The number of rotatable bonds is 3. The van der Waals surface area contributed by atoms with E-state index in [4.69, 9.17) is 16.3 Å². The smallest absolute Gasteiger partial charge is 0.126 e. The zero-order valence-electron chi connectivity index (χ0n) is 11.3. The van der Waals surface area contributed by atoms with Crippen molar-refractivity contribution in [2.24, 2.45) is 5.92 Å². The molecule has 0 aromatic heterocycles.